The van der Waals surface area contributed by atoms with Crippen molar-refractivity contribution >= 4 is 23.2 Å². The molecule has 0 radical (unpaired) electrons. The van der Waals surface area contributed by atoms with Gasteiger partial charge in [-0.2, -0.15) is 0 Å². The number of nitrogens with one attached hydrogen (secondary N) is 1. The molecule has 94 valence electrons. The van der Waals surface area contributed by atoms with E-state index in [-0.39, 0.29) is 12.5 Å². The van der Waals surface area contributed by atoms with Gasteiger partial charge in [-0.3, -0.25) is 4.79 Å². The van der Waals surface area contributed by atoms with Gasteiger partial charge in [-0.1, -0.05) is 22.3 Å². The molecule has 6 nitrogen and oxygen atoms in total. The molecule has 1 amide bonds. The highest BCUT2D eigenvalue weighted by molar-refractivity contribution is 6.31. The van der Waals surface area contributed by atoms with Gasteiger partial charge in [0.1, 0.15) is 5.95 Å². The van der Waals surface area contributed by atoms with Crippen molar-refractivity contribution in [2.24, 2.45) is 0 Å². The van der Waals surface area contributed by atoms with E-state index in [1.165, 1.54) is 0 Å². The van der Waals surface area contributed by atoms with E-state index >= 15 is 0 Å². The van der Waals surface area contributed by atoms with E-state index in [4.69, 9.17) is 11.6 Å². The normalized spacial score (nSPS) is 10.3. The molecule has 0 spiro atoms. The Bertz CT molecular complexity index is 583. The van der Waals surface area contributed by atoms with Crippen LogP contribution in [0.3, 0.4) is 0 Å². The number of halogens is 1. The Balaban J connectivity index is 2.05. The van der Waals surface area contributed by atoms with Crippen LogP contribution in [0.1, 0.15) is 5.56 Å². The first kappa shape index (κ1) is 12.4. The van der Waals surface area contributed by atoms with Gasteiger partial charge in [0.25, 0.3) is 12.5 Å². The van der Waals surface area contributed by atoms with Crippen molar-refractivity contribution in [1.82, 2.24) is 5.27 Å². The van der Waals surface area contributed by atoms with E-state index in [0.717, 1.165) is 16.4 Å². The molecule has 0 aliphatic rings. The van der Waals surface area contributed by atoms with E-state index in [1.54, 1.807) is 25.1 Å². The van der Waals surface area contributed by atoms with Crippen LogP contribution in [0.2, 0.25) is 5.02 Å². The summed E-state index contributed by atoms with van der Waals surface area (Å²) in [6, 6.07) is 5.22. The fraction of sp³-hybridized carbons (Fsp3) is 0.182. The zero-order valence-electron chi connectivity index (χ0n) is 9.51. The molecular weight excluding hydrogens is 258 g/mol. The molecule has 2 rings (SSSR count). The van der Waals surface area contributed by atoms with Gasteiger partial charge in [0, 0.05) is 10.7 Å². The Labute approximate surface area is 108 Å². The Morgan fingerprint density at radius 1 is 1.61 bits per heavy atom. The lowest BCUT2D eigenvalue weighted by molar-refractivity contribution is -0.750. The van der Waals surface area contributed by atoms with E-state index in [2.05, 4.69) is 15.1 Å². The molecule has 0 fully saturated rings. The van der Waals surface area contributed by atoms with Gasteiger partial charge in [-0.05, 0) is 24.6 Å². The van der Waals surface area contributed by atoms with Crippen LogP contribution < -0.4 is 15.1 Å². The van der Waals surface area contributed by atoms with Gasteiger partial charge in [0.2, 0.25) is 6.20 Å². The van der Waals surface area contributed by atoms with Crippen molar-refractivity contribution in [3.8, 4) is 5.95 Å². The summed E-state index contributed by atoms with van der Waals surface area (Å²) in [5.41, 5.74) is 1.40. The van der Waals surface area contributed by atoms with Gasteiger partial charge >= 0.3 is 0 Å². The fourth-order valence-electron chi connectivity index (χ4n) is 1.42. The van der Waals surface area contributed by atoms with E-state index in [9.17, 15) is 9.90 Å². The molecule has 0 atom stereocenters. The first-order chi connectivity index (χ1) is 8.56. The van der Waals surface area contributed by atoms with Crippen molar-refractivity contribution in [2.45, 2.75) is 13.5 Å². The number of rotatable bonds is 3. The molecule has 0 saturated heterocycles. The zero-order chi connectivity index (χ0) is 13.1. The summed E-state index contributed by atoms with van der Waals surface area (Å²) >= 11 is 5.94. The number of nitrogens with zero attached hydrogens (tertiary/aromatic N) is 2. The van der Waals surface area contributed by atoms with Crippen molar-refractivity contribution in [3.05, 3.63) is 35.0 Å². The summed E-state index contributed by atoms with van der Waals surface area (Å²) in [7, 11) is 0. The third-order valence-corrected chi connectivity index (χ3v) is 2.75. The van der Waals surface area contributed by atoms with Crippen molar-refractivity contribution < 1.29 is 19.1 Å². The summed E-state index contributed by atoms with van der Waals surface area (Å²) in [6.45, 7) is 1.70. The van der Waals surface area contributed by atoms with E-state index in [1.807, 2.05) is 0 Å². The molecule has 0 bridgehead atoms. The Morgan fingerprint density at radius 2 is 2.39 bits per heavy atom. The summed E-state index contributed by atoms with van der Waals surface area (Å²) in [5, 5.41) is 17.4. The van der Waals surface area contributed by atoms with Gasteiger partial charge in [-0.25, -0.2) is 0 Å². The lowest BCUT2D eigenvalue weighted by Gasteiger charge is -2.07. The number of amides is 1. The maximum absolute atomic E-state index is 11.7. The summed E-state index contributed by atoms with van der Waals surface area (Å²) in [4.78, 5) is 11.7. The van der Waals surface area contributed by atoms with Gasteiger partial charge < -0.3 is 14.9 Å². The molecule has 0 aliphatic carbocycles. The fourth-order valence-corrected chi connectivity index (χ4v) is 1.59. The average Bonchev–Trinajstić information content (AvgIpc) is 2.70. The molecule has 1 aromatic heterocycles. The Hall–Kier alpha value is -2.08. The highest BCUT2D eigenvalue weighted by Gasteiger charge is 2.13. The molecule has 0 saturated carbocycles. The largest absolute Gasteiger partial charge is 0.539 e. The molecule has 7 heteroatoms. The predicted octanol–water partition coefficient (Wildman–Crippen LogP) is 0.636. The first-order valence-corrected chi connectivity index (χ1v) is 5.52. The number of carbonyl (C=O) groups is 1. The number of anilines is 1. The van der Waals surface area contributed by atoms with Crippen LogP contribution >= 0.6 is 11.6 Å². The Morgan fingerprint density at radius 3 is 3.06 bits per heavy atom. The number of hydrogen-bond donors (Lipinski definition) is 1. The molecule has 1 heterocycles. The number of aromatic nitrogens is 2. The molecule has 0 aliphatic heterocycles. The minimum Gasteiger partial charge on any atom is -0.539 e. The predicted molar refractivity (Wildman–Crippen MR) is 61.0 cm³/mol. The van der Waals surface area contributed by atoms with Crippen molar-refractivity contribution in [3.63, 3.8) is 0 Å². The van der Waals surface area contributed by atoms with Crippen LogP contribution in [-0.4, -0.2) is 11.2 Å². The highest BCUT2D eigenvalue weighted by atomic mass is 35.5. The van der Waals surface area contributed by atoms with Crippen LogP contribution in [0.5, 0.6) is 5.95 Å². The topological polar surface area (TPSA) is 82.1 Å². The lowest BCUT2D eigenvalue weighted by atomic mass is 10.2. The molecular formula is C11H10ClN3O3. The SMILES string of the molecule is Cc1c(Cl)cccc1NC(=O)C[n+]1cc([O-])on1. The number of benzene rings is 1. The second-order valence-electron chi connectivity index (χ2n) is 3.68. The summed E-state index contributed by atoms with van der Waals surface area (Å²) in [5.74, 6) is -0.916. The smallest absolute Gasteiger partial charge is 0.292 e. The maximum Gasteiger partial charge on any atom is 0.292 e. The molecule has 0 unspecified atom stereocenters. The average molecular weight is 268 g/mol. The van der Waals surface area contributed by atoms with Gasteiger partial charge in [0.05, 0.1) is 5.27 Å². The van der Waals surface area contributed by atoms with Crippen LogP contribution in [-0.2, 0) is 11.3 Å². The summed E-state index contributed by atoms with van der Waals surface area (Å²) in [6.07, 6.45) is 1.10. The van der Waals surface area contributed by atoms with Crippen molar-refractivity contribution in [2.75, 3.05) is 5.32 Å². The second-order valence-corrected chi connectivity index (χ2v) is 4.09. The standard InChI is InChI=1S/C11H10ClN3O3/c1-7-8(12)3-2-4-9(7)13-10(16)5-15-6-11(17)18-14-15/h2-4,6H,5H2,1H3,(H-,13,14,16,17). The monoisotopic (exact) mass is 267 g/mol. The summed E-state index contributed by atoms with van der Waals surface area (Å²) < 4.78 is 5.44. The van der Waals surface area contributed by atoms with Crippen LogP contribution in [0, 0.1) is 6.92 Å². The quantitative estimate of drug-likeness (QED) is 0.827. The highest BCUT2D eigenvalue weighted by Crippen LogP contribution is 2.22. The third kappa shape index (κ3) is 2.78. The van der Waals surface area contributed by atoms with E-state index < -0.39 is 5.95 Å². The minimum absolute atomic E-state index is 0.0995. The maximum atomic E-state index is 11.7. The second kappa shape index (κ2) is 5.05. The molecule has 1 N–H and O–H groups in total. The molecule has 1 aromatic carbocycles. The van der Waals surface area contributed by atoms with Crippen LogP contribution in [0.25, 0.3) is 0 Å². The van der Waals surface area contributed by atoms with E-state index in [0.29, 0.717) is 10.7 Å². The Kier molecular flexibility index (Phi) is 3.47. The molecule has 2 aromatic rings. The van der Waals surface area contributed by atoms with Gasteiger partial charge in [0.15, 0.2) is 0 Å². The molecule has 18 heavy (non-hydrogen) atoms. The van der Waals surface area contributed by atoms with Crippen LogP contribution in [0.4, 0.5) is 5.69 Å². The zero-order valence-corrected chi connectivity index (χ0v) is 10.3. The first-order valence-electron chi connectivity index (χ1n) is 5.14. The third-order valence-electron chi connectivity index (χ3n) is 2.34. The number of carbonyl (C=O) groups excluding carboxylic acids is 1. The minimum atomic E-state index is -0.596. The number of hydrogen-bond acceptors (Lipinski definition) is 4. The van der Waals surface area contributed by atoms with Crippen LogP contribution in [0.15, 0.2) is 28.9 Å². The van der Waals surface area contributed by atoms with Gasteiger partial charge in [-0.15, -0.1) is 0 Å². The lowest BCUT2D eigenvalue weighted by Crippen LogP contribution is -2.41. The van der Waals surface area contributed by atoms with Crippen molar-refractivity contribution in [1.29, 1.82) is 0 Å².